The SMILES string of the molecule is Cc1cc(N2CCCOCC2c2ccc(CC(=O)[C@H]3CCOC3)cc2Cl)nc(N)n1. The summed E-state index contributed by atoms with van der Waals surface area (Å²) in [6.45, 7) is 5.06. The van der Waals surface area contributed by atoms with E-state index in [1.165, 1.54) is 0 Å². The van der Waals surface area contributed by atoms with Gasteiger partial charge in [-0.2, -0.15) is 4.98 Å². The maximum Gasteiger partial charge on any atom is 0.222 e. The molecule has 2 fully saturated rings. The highest BCUT2D eigenvalue weighted by Gasteiger charge is 2.28. The van der Waals surface area contributed by atoms with Crippen molar-refractivity contribution in [3.05, 3.63) is 46.1 Å². The number of hydrogen-bond donors (Lipinski definition) is 1. The van der Waals surface area contributed by atoms with Crippen molar-refractivity contribution in [1.82, 2.24) is 9.97 Å². The Labute approximate surface area is 181 Å². The van der Waals surface area contributed by atoms with Gasteiger partial charge in [0.05, 0.1) is 19.3 Å². The zero-order chi connectivity index (χ0) is 21.1. The number of benzene rings is 1. The molecule has 0 saturated carbocycles. The molecule has 2 atom stereocenters. The molecule has 2 saturated heterocycles. The molecule has 0 spiro atoms. The van der Waals surface area contributed by atoms with E-state index < -0.39 is 0 Å². The molecule has 4 rings (SSSR count). The molecular weight excluding hydrogens is 404 g/mol. The minimum atomic E-state index is -0.0957. The predicted octanol–water partition coefficient (Wildman–Crippen LogP) is 3.14. The molecule has 0 radical (unpaired) electrons. The van der Waals surface area contributed by atoms with E-state index in [9.17, 15) is 4.79 Å². The lowest BCUT2D eigenvalue weighted by Crippen LogP contribution is -2.32. The number of halogens is 1. The van der Waals surface area contributed by atoms with E-state index >= 15 is 0 Å². The average molecular weight is 431 g/mol. The topological polar surface area (TPSA) is 90.6 Å². The molecule has 2 aliphatic rings. The van der Waals surface area contributed by atoms with Crippen LogP contribution in [0.15, 0.2) is 24.3 Å². The van der Waals surface area contributed by atoms with E-state index in [4.69, 9.17) is 26.8 Å². The molecule has 0 aliphatic carbocycles. The number of nitrogens with zero attached hydrogens (tertiary/aromatic N) is 3. The number of Topliss-reactive ketones (excluding diaryl/α,β-unsaturated/α-hetero) is 1. The zero-order valence-electron chi connectivity index (χ0n) is 17.1. The number of nitrogen functional groups attached to an aromatic ring is 1. The average Bonchev–Trinajstić information content (AvgIpc) is 3.13. The van der Waals surface area contributed by atoms with Gasteiger partial charge in [-0.25, -0.2) is 4.98 Å². The minimum Gasteiger partial charge on any atom is -0.381 e. The molecular formula is C22H27ClN4O3. The van der Waals surface area contributed by atoms with E-state index in [0.717, 1.165) is 42.0 Å². The number of ketones is 1. The fourth-order valence-corrected chi connectivity index (χ4v) is 4.45. The van der Waals surface area contributed by atoms with Gasteiger partial charge in [0, 0.05) is 48.9 Å². The van der Waals surface area contributed by atoms with Crippen LogP contribution in [-0.4, -0.2) is 48.7 Å². The normalized spacial score (nSPS) is 22.1. The van der Waals surface area contributed by atoms with Crippen LogP contribution < -0.4 is 10.6 Å². The molecule has 1 aromatic carbocycles. The van der Waals surface area contributed by atoms with Crippen molar-refractivity contribution < 1.29 is 14.3 Å². The highest BCUT2D eigenvalue weighted by atomic mass is 35.5. The summed E-state index contributed by atoms with van der Waals surface area (Å²) in [7, 11) is 0. The van der Waals surface area contributed by atoms with Gasteiger partial charge in [-0.1, -0.05) is 23.7 Å². The van der Waals surface area contributed by atoms with Crippen LogP contribution in [0.25, 0.3) is 0 Å². The summed E-state index contributed by atoms with van der Waals surface area (Å²) in [6.07, 6.45) is 2.06. The van der Waals surface area contributed by atoms with Gasteiger partial charge < -0.3 is 20.1 Å². The van der Waals surface area contributed by atoms with Crippen LogP contribution in [0.4, 0.5) is 11.8 Å². The number of anilines is 2. The molecule has 160 valence electrons. The fourth-order valence-electron chi connectivity index (χ4n) is 4.12. The number of nitrogens with two attached hydrogens (primary N) is 1. The standard InChI is InChI=1S/C22H27ClN4O3/c1-14-9-21(26-22(24)25-14)27-6-2-7-29-13-19(27)17-4-3-15(10-18(17)23)11-20(28)16-5-8-30-12-16/h3-4,9-10,16,19H,2,5-8,11-13H2,1H3,(H2,24,25,26)/t16-,19?/m0/s1. The number of rotatable bonds is 5. The van der Waals surface area contributed by atoms with Crippen LogP contribution in [0.2, 0.25) is 5.02 Å². The third-order valence-electron chi connectivity index (χ3n) is 5.68. The predicted molar refractivity (Wildman–Crippen MR) is 116 cm³/mol. The van der Waals surface area contributed by atoms with E-state index in [2.05, 4.69) is 14.9 Å². The van der Waals surface area contributed by atoms with E-state index in [1.807, 2.05) is 31.2 Å². The highest BCUT2D eigenvalue weighted by molar-refractivity contribution is 6.31. The van der Waals surface area contributed by atoms with Crippen molar-refractivity contribution >= 4 is 29.2 Å². The van der Waals surface area contributed by atoms with Gasteiger partial charge in [0.15, 0.2) is 0 Å². The third-order valence-corrected chi connectivity index (χ3v) is 6.01. The summed E-state index contributed by atoms with van der Waals surface area (Å²) in [5.74, 6) is 1.24. The van der Waals surface area contributed by atoms with Crippen molar-refractivity contribution in [2.45, 2.75) is 32.2 Å². The van der Waals surface area contributed by atoms with Crippen LogP contribution in [0.1, 0.15) is 35.7 Å². The third kappa shape index (κ3) is 4.74. The monoisotopic (exact) mass is 430 g/mol. The number of hydrogen-bond acceptors (Lipinski definition) is 7. The first-order valence-corrected chi connectivity index (χ1v) is 10.7. The lowest BCUT2D eigenvalue weighted by molar-refractivity contribution is -0.122. The molecule has 3 heterocycles. The number of carbonyl (C=O) groups is 1. The maximum atomic E-state index is 12.5. The Kier molecular flexibility index (Phi) is 6.51. The Morgan fingerprint density at radius 1 is 1.23 bits per heavy atom. The largest absolute Gasteiger partial charge is 0.381 e. The van der Waals surface area contributed by atoms with Crippen LogP contribution in [0, 0.1) is 12.8 Å². The Hall–Kier alpha value is -2.22. The van der Waals surface area contributed by atoms with Crippen LogP contribution in [0.3, 0.4) is 0 Å². The van der Waals surface area contributed by atoms with Crippen LogP contribution >= 0.6 is 11.6 Å². The summed E-state index contributed by atoms with van der Waals surface area (Å²) >= 11 is 6.70. The molecule has 2 N–H and O–H groups in total. The van der Waals surface area contributed by atoms with Gasteiger partial charge in [-0.3, -0.25) is 4.79 Å². The molecule has 1 aromatic heterocycles. The number of aromatic nitrogens is 2. The molecule has 2 aromatic rings. The second-order valence-electron chi connectivity index (χ2n) is 7.92. The van der Waals surface area contributed by atoms with E-state index in [1.54, 1.807) is 0 Å². The van der Waals surface area contributed by atoms with Crippen LogP contribution in [0.5, 0.6) is 0 Å². The van der Waals surface area contributed by atoms with Gasteiger partial charge in [-0.15, -0.1) is 0 Å². The molecule has 7 nitrogen and oxygen atoms in total. The van der Waals surface area contributed by atoms with Crippen molar-refractivity contribution in [2.75, 3.05) is 43.6 Å². The molecule has 2 aliphatic heterocycles. The first kappa shape index (κ1) is 21.0. The molecule has 0 amide bonds. The molecule has 1 unspecified atom stereocenters. The number of ether oxygens (including phenoxy) is 2. The van der Waals surface area contributed by atoms with Gasteiger partial charge >= 0.3 is 0 Å². The number of aryl methyl sites for hydroxylation is 1. The summed E-state index contributed by atoms with van der Waals surface area (Å²) in [5.41, 5.74) is 8.58. The molecule has 0 bridgehead atoms. The summed E-state index contributed by atoms with van der Waals surface area (Å²) in [4.78, 5) is 23.3. The van der Waals surface area contributed by atoms with E-state index in [-0.39, 0.29) is 23.7 Å². The first-order chi connectivity index (χ1) is 14.5. The molecule has 30 heavy (non-hydrogen) atoms. The Bertz CT molecular complexity index is 897. The summed E-state index contributed by atoms with van der Waals surface area (Å²) < 4.78 is 11.2. The van der Waals surface area contributed by atoms with E-state index in [0.29, 0.717) is 37.9 Å². The van der Waals surface area contributed by atoms with Crippen LogP contribution in [-0.2, 0) is 20.7 Å². The van der Waals surface area contributed by atoms with Crippen molar-refractivity contribution in [3.63, 3.8) is 0 Å². The Morgan fingerprint density at radius 2 is 2.07 bits per heavy atom. The van der Waals surface area contributed by atoms with Crippen molar-refractivity contribution in [3.8, 4) is 0 Å². The fraction of sp³-hybridized carbons (Fsp3) is 0.500. The second-order valence-corrected chi connectivity index (χ2v) is 8.33. The lowest BCUT2D eigenvalue weighted by Gasteiger charge is -2.31. The van der Waals surface area contributed by atoms with Gasteiger partial charge in [0.25, 0.3) is 0 Å². The zero-order valence-corrected chi connectivity index (χ0v) is 17.9. The quantitative estimate of drug-likeness (QED) is 0.779. The number of carbonyl (C=O) groups excluding carboxylic acids is 1. The summed E-state index contributed by atoms with van der Waals surface area (Å²) in [5, 5.41) is 0.627. The van der Waals surface area contributed by atoms with Crippen molar-refractivity contribution in [2.24, 2.45) is 5.92 Å². The first-order valence-electron chi connectivity index (χ1n) is 10.4. The Balaban J connectivity index is 1.58. The summed E-state index contributed by atoms with van der Waals surface area (Å²) in [6, 6.07) is 7.71. The Morgan fingerprint density at radius 3 is 2.80 bits per heavy atom. The van der Waals surface area contributed by atoms with Gasteiger partial charge in [-0.05, 0) is 37.0 Å². The lowest BCUT2D eigenvalue weighted by atomic mass is 9.95. The van der Waals surface area contributed by atoms with Gasteiger partial charge in [0.1, 0.15) is 11.6 Å². The van der Waals surface area contributed by atoms with Gasteiger partial charge in [0.2, 0.25) is 5.95 Å². The molecule has 8 heteroatoms. The maximum absolute atomic E-state index is 12.5. The second kappa shape index (κ2) is 9.29. The highest BCUT2D eigenvalue weighted by Crippen LogP contribution is 2.34. The van der Waals surface area contributed by atoms with Crippen molar-refractivity contribution in [1.29, 1.82) is 0 Å². The smallest absolute Gasteiger partial charge is 0.222 e. The minimum absolute atomic E-state index is 0.000614.